The highest BCUT2D eigenvalue weighted by Crippen LogP contribution is 2.30. The topological polar surface area (TPSA) is 41.3 Å². The van der Waals surface area contributed by atoms with Crippen LogP contribution in [0.1, 0.15) is 12.5 Å². The Balaban J connectivity index is 2.39. The Hall–Kier alpha value is -1.22. The quantitative estimate of drug-likeness (QED) is 0.705. The fraction of sp³-hybridized carbons (Fsp3) is 0.455. The molecule has 14 heavy (non-hydrogen) atoms. The Morgan fingerprint density at radius 2 is 2.36 bits per heavy atom. The summed E-state index contributed by atoms with van der Waals surface area (Å²) in [5.74, 6) is 0. The van der Waals surface area contributed by atoms with Crippen molar-refractivity contribution in [2.75, 3.05) is 23.8 Å². The second-order valence-electron chi connectivity index (χ2n) is 3.98. The van der Waals surface area contributed by atoms with Gasteiger partial charge in [-0.25, -0.2) is 0 Å². The summed E-state index contributed by atoms with van der Waals surface area (Å²) in [7, 11) is 2.12. The number of anilines is 2. The monoisotopic (exact) mass is 191 g/mol. The van der Waals surface area contributed by atoms with Crippen molar-refractivity contribution >= 4 is 11.4 Å². The number of benzene rings is 1. The Kier molecular flexibility index (Phi) is 2.33. The lowest BCUT2D eigenvalue weighted by atomic mass is 10.1. The van der Waals surface area contributed by atoms with Gasteiger partial charge in [0, 0.05) is 26.2 Å². The van der Waals surface area contributed by atoms with Crippen LogP contribution in [0.4, 0.5) is 11.4 Å². The normalized spacial score (nSPS) is 20.2. The van der Waals surface area contributed by atoms with E-state index < -0.39 is 0 Å². The molecule has 3 nitrogen and oxygen atoms in total. The lowest BCUT2D eigenvalue weighted by molar-refractivity contribution is 0.737. The van der Waals surface area contributed by atoms with Crippen LogP contribution in [-0.4, -0.2) is 19.6 Å². The Labute approximate surface area is 84.9 Å². The van der Waals surface area contributed by atoms with Gasteiger partial charge in [0.05, 0.1) is 11.4 Å². The molecule has 1 heterocycles. The lowest BCUT2D eigenvalue weighted by Crippen LogP contribution is -2.37. The highest BCUT2D eigenvalue weighted by atomic mass is 15.2. The molecule has 3 heteroatoms. The van der Waals surface area contributed by atoms with Crippen molar-refractivity contribution in [3.05, 3.63) is 23.8 Å². The molecule has 0 bridgehead atoms. The molecule has 0 aromatic heterocycles. The summed E-state index contributed by atoms with van der Waals surface area (Å²) < 4.78 is 0. The van der Waals surface area contributed by atoms with Crippen molar-refractivity contribution in [1.29, 1.82) is 0 Å². The SMILES string of the molecule is CC1CN(C)c2ccc(CN)cc2N1. The summed E-state index contributed by atoms with van der Waals surface area (Å²) in [6.07, 6.45) is 0. The van der Waals surface area contributed by atoms with Gasteiger partial charge in [-0.05, 0) is 24.6 Å². The molecular weight excluding hydrogens is 174 g/mol. The van der Waals surface area contributed by atoms with E-state index in [0.29, 0.717) is 12.6 Å². The van der Waals surface area contributed by atoms with Crippen LogP contribution in [0.5, 0.6) is 0 Å². The van der Waals surface area contributed by atoms with Crippen molar-refractivity contribution in [2.45, 2.75) is 19.5 Å². The Morgan fingerprint density at radius 3 is 3.07 bits per heavy atom. The van der Waals surface area contributed by atoms with Crippen molar-refractivity contribution in [3.8, 4) is 0 Å². The maximum Gasteiger partial charge on any atom is 0.0600 e. The van der Waals surface area contributed by atoms with Crippen LogP contribution in [-0.2, 0) is 6.54 Å². The molecule has 1 aromatic rings. The fourth-order valence-corrected chi connectivity index (χ4v) is 1.98. The van der Waals surface area contributed by atoms with E-state index in [2.05, 4.69) is 42.4 Å². The minimum Gasteiger partial charge on any atom is -0.379 e. The first kappa shape index (κ1) is 9.34. The third-order valence-electron chi connectivity index (χ3n) is 2.66. The molecule has 1 atom stereocenters. The number of nitrogens with two attached hydrogens (primary N) is 1. The number of likely N-dealkylation sites (N-methyl/N-ethyl adjacent to an activating group) is 1. The molecule has 0 saturated carbocycles. The van der Waals surface area contributed by atoms with Gasteiger partial charge in [0.25, 0.3) is 0 Å². The van der Waals surface area contributed by atoms with E-state index in [4.69, 9.17) is 5.73 Å². The molecule has 76 valence electrons. The van der Waals surface area contributed by atoms with Crippen LogP contribution in [0.15, 0.2) is 18.2 Å². The van der Waals surface area contributed by atoms with Gasteiger partial charge in [0.15, 0.2) is 0 Å². The van der Waals surface area contributed by atoms with E-state index in [1.54, 1.807) is 0 Å². The molecular formula is C11H17N3. The van der Waals surface area contributed by atoms with Crippen LogP contribution in [0, 0.1) is 0 Å². The maximum absolute atomic E-state index is 5.61. The number of hydrogen-bond acceptors (Lipinski definition) is 3. The van der Waals surface area contributed by atoms with Crippen LogP contribution in [0.3, 0.4) is 0 Å². The molecule has 0 amide bonds. The Morgan fingerprint density at radius 1 is 1.57 bits per heavy atom. The third kappa shape index (κ3) is 1.55. The van der Waals surface area contributed by atoms with Gasteiger partial charge < -0.3 is 16.0 Å². The maximum atomic E-state index is 5.61. The summed E-state index contributed by atoms with van der Waals surface area (Å²) in [4.78, 5) is 2.27. The van der Waals surface area contributed by atoms with Crippen molar-refractivity contribution in [2.24, 2.45) is 5.73 Å². The zero-order chi connectivity index (χ0) is 10.1. The lowest BCUT2D eigenvalue weighted by Gasteiger charge is -2.33. The van der Waals surface area contributed by atoms with E-state index in [0.717, 1.165) is 6.54 Å². The molecule has 0 spiro atoms. The summed E-state index contributed by atoms with van der Waals surface area (Å²) in [5, 5.41) is 3.47. The van der Waals surface area contributed by atoms with Gasteiger partial charge in [-0.15, -0.1) is 0 Å². The highest BCUT2D eigenvalue weighted by Gasteiger charge is 2.17. The van der Waals surface area contributed by atoms with Gasteiger partial charge in [0.1, 0.15) is 0 Å². The minimum absolute atomic E-state index is 0.500. The zero-order valence-electron chi connectivity index (χ0n) is 8.75. The van der Waals surface area contributed by atoms with Crippen molar-refractivity contribution in [3.63, 3.8) is 0 Å². The van der Waals surface area contributed by atoms with E-state index in [1.165, 1.54) is 16.9 Å². The third-order valence-corrected chi connectivity index (χ3v) is 2.66. The highest BCUT2D eigenvalue weighted by molar-refractivity contribution is 5.73. The van der Waals surface area contributed by atoms with Gasteiger partial charge in [0.2, 0.25) is 0 Å². The second-order valence-corrected chi connectivity index (χ2v) is 3.98. The fourth-order valence-electron chi connectivity index (χ4n) is 1.98. The molecule has 1 unspecified atom stereocenters. The number of nitrogens with zero attached hydrogens (tertiary/aromatic N) is 1. The largest absolute Gasteiger partial charge is 0.379 e. The number of nitrogens with one attached hydrogen (secondary N) is 1. The molecule has 0 aliphatic carbocycles. The Bertz CT molecular complexity index is 335. The van der Waals surface area contributed by atoms with Crippen LogP contribution in [0.25, 0.3) is 0 Å². The van der Waals surface area contributed by atoms with Crippen LogP contribution >= 0.6 is 0 Å². The second kappa shape index (κ2) is 3.50. The molecule has 0 saturated heterocycles. The van der Waals surface area contributed by atoms with E-state index in [-0.39, 0.29) is 0 Å². The van der Waals surface area contributed by atoms with Gasteiger partial charge in [-0.1, -0.05) is 6.07 Å². The van der Waals surface area contributed by atoms with Gasteiger partial charge >= 0.3 is 0 Å². The van der Waals surface area contributed by atoms with Crippen molar-refractivity contribution < 1.29 is 0 Å². The van der Waals surface area contributed by atoms with Crippen LogP contribution in [0.2, 0.25) is 0 Å². The first-order chi connectivity index (χ1) is 6.70. The van der Waals surface area contributed by atoms with E-state index in [1.807, 2.05) is 0 Å². The summed E-state index contributed by atoms with van der Waals surface area (Å²) in [5.41, 5.74) is 9.26. The molecule has 1 aromatic carbocycles. The number of hydrogen-bond donors (Lipinski definition) is 2. The molecule has 3 N–H and O–H groups in total. The van der Waals surface area contributed by atoms with Gasteiger partial charge in [-0.3, -0.25) is 0 Å². The molecule has 1 aliphatic rings. The standard InChI is InChI=1S/C11H17N3/c1-8-7-14(2)11-4-3-9(6-12)5-10(11)13-8/h3-5,8,13H,6-7,12H2,1-2H3. The van der Waals surface area contributed by atoms with E-state index in [9.17, 15) is 0 Å². The average molecular weight is 191 g/mol. The minimum atomic E-state index is 0.500. The predicted octanol–water partition coefficient (Wildman–Crippen LogP) is 1.40. The number of fused-ring (bicyclic) bond motifs is 1. The smallest absolute Gasteiger partial charge is 0.0600 e. The van der Waals surface area contributed by atoms with Gasteiger partial charge in [-0.2, -0.15) is 0 Å². The molecule has 2 rings (SSSR count). The van der Waals surface area contributed by atoms with Crippen LogP contribution < -0.4 is 16.0 Å². The average Bonchev–Trinajstić information content (AvgIpc) is 2.16. The molecule has 1 aliphatic heterocycles. The first-order valence-corrected chi connectivity index (χ1v) is 5.01. The molecule has 0 radical (unpaired) electrons. The predicted molar refractivity (Wildman–Crippen MR) is 60.7 cm³/mol. The summed E-state index contributed by atoms with van der Waals surface area (Å²) in [6, 6.07) is 6.87. The summed E-state index contributed by atoms with van der Waals surface area (Å²) >= 11 is 0. The first-order valence-electron chi connectivity index (χ1n) is 5.01. The number of rotatable bonds is 1. The zero-order valence-corrected chi connectivity index (χ0v) is 8.75. The van der Waals surface area contributed by atoms with Crippen molar-refractivity contribution in [1.82, 2.24) is 0 Å². The van der Waals surface area contributed by atoms with E-state index >= 15 is 0 Å². The molecule has 0 fully saturated rings. The summed E-state index contributed by atoms with van der Waals surface area (Å²) in [6.45, 7) is 3.84.